The Balaban J connectivity index is 5.05. The third-order valence-electron chi connectivity index (χ3n) is 15.4. The van der Waals surface area contributed by atoms with E-state index >= 15 is 0 Å². The van der Waals surface area contributed by atoms with Crippen LogP contribution < -0.4 is 5.32 Å². The largest absolute Gasteiger partial charge is 0.472 e. The fourth-order valence-electron chi connectivity index (χ4n) is 10.1. The Morgan fingerprint density at radius 1 is 0.432 bits per heavy atom. The number of amides is 1. The van der Waals surface area contributed by atoms with E-state index in [0.29, 0.717) is 17.4 Å². The lowest BCUT2D eigenvalue weighted by atomic mass is 10.0. The van der Waals surface area contributed by atoms with Crippen LogP contribution in [0, 0.1) is 0 Å². The molecule has 0 rings (SSSR count). The molecule has 0 aliphatic carbocycles. The quantitative estimate of drug-likeness (QED) is 0.0205. The van der Waals surface area contributed by atoms with E-state index in [0.717, 1.165) is 70.6 Å². The van der Waals surface area contributed by atoms with E-state index in [1.807, 2.05) is 33.3 Å². The number of quaternary nitrogens is 1. The molecule has 3 atom stereocenters. The molecule has 0 spiro atoms. The topological polar surface area (TPSA) is 111 Å². The Hall–Kier alpha value is -2.29. The van der Waals surface area contributed by atoms with Crippen LogP contribution in [0.25, 0.3) is 0 Å². The van der Waals surface area contributed by atoms with E-state index in [2.05, 4.69) is 74.7 Å². The predicted molar refractivity (Wildman–Crippen MR) is 351 cm³/mol. The maximum absolute atomic E-state index is 13.6. The molecule has 0 aromatic heterocycles. The number of ether oxygens (including phenoxy) is 1. The second-order valence-corrected chi connectivity index (χ2v) is 26.1. The van der Waals surface area contributed by atoms with Gasteiger partial charge in [-0.05, 0) is 96.0 Å². The molecule has 0 saturated carbocycles. The van der Waals surface area contributed by atoms with Gasteiger partial charge in [-0.3, -0.25) is 18.6 Å². The minimum absolute atomic E-state index is 0.0396. The number of phosphoric ester groups is 1. The molecule has 2 N–H and O–H groups in total. The molecule has 10 heteroatoms. The summed E-state index contributed by atoms with van der Waals surface area (Å²) in [5, 5.41) is 3.07. The van der Waals surface area contributed by atoms with Crippen LogP contribution in [0.15, 0.2) is 60.8 Å². The Morgan fingerprint density at radius 2 is 0.753 bits per heavy atom. The van der Waals surface area contributed by atoms with Gasteiger partial charge in [0.25, 0.3) is 0 Å². The lowest BCUT2D eigenvalue weighted by Gasteiger charge is -2.27. The fourth-order valence-corrected chi connectivity index (χ4v) is 10.8. The number of nitrogens with one attached hydrogen (secondary N) is 1. The van der Waals surface area contributed by atoms with Crippen molar-refractivity contribution in [3.63, 3.8) is 0 Å². The van der Waals surface area contributed by atoms with Crippen LogP contribution in [0.2, 0.25) is 0 Å². The minimum Gasteiger partial charge on any atom is -0.456 e. The van der Waals surface area contributed by atoms with Crippen molar-refractivity contribution in [2.75, 3.05) is 40.9 Å². The first-order valence-electron chi connectivity index (χ1n) is 34.6. The zero-order valence-corrected chi connectivity index (χ0v) is 55.2. The molecule has 9 nitrogen and oxygen atoms in total. The second-order valence-electron chi connectivity index (χ2n) is 24.7. The molecule has 0 aliphatic rings. The summed E-state index contributed by atoms with van der Waals surface area (Å²) >= 11 is 0. The molecule has 0 aromatic rings. The van der Waals surface area contributed by atoms with Crippen molar-refractivity contribution in [3.8, 4) is 0 Å². The second kappa shape index (κ2) is 60.8. The lowest BCUT2D eigenvalue weighted by molar-refractivity contribution is -0.870. The molecule has 0 bridgehead atoms. The third-order valence-corrected chi connectivity index (χ3v) is 16.4. The summed E-state index contributed by atoms with van der Waals surface area (Å²) in [6, 6.07) is -0.850. The summed E-state index contributed by atoms with van der Waals surface area (Å²) in [6.07, 6.45) is 78.0. The van der Waals surface area contributed by atoms with Crippen molar-refractivity contribution in [1.82, 2.24) is 5.32 Å². The summed E-state index contributed by atoms with van der Waals surface area (Å²) in [5.74, 6) is -0.500. The maximum atomic E-state index is 13.6. The SMILES string of the molecule is CCCCC/C=C\C/C=C\C/C=C\CCCCCCCCCCCCCCC(=O)OC(/C=C\CCCCCCCCCCC)C(COP(=O)(O)OCC[N+](C)(C)C)NC(=O)CCCCCCCCCCC/C=C/CCCCCCCC. The van der Waals surface area contributed by atoms with Gasteiger partial charge in [0.1, 0.15) is 19.3 Å². The summed E-state index contributed by atoms with van der Waals surface area (Å²) in [5.41, 5.74) is 0. The van der Waals surface area contributed by atoms with Crippen LogP contribution in [0.3, 0.4) is 0 Å². The standard InChI is InChI=1S/C71H133N2O7P/c1-7-10-13-16-19-22-25-27-29-31-33-34-35-36-37-38-40-42-44-46-49-52-55-58-61-64-71(75)80-69(62-59-56-53-50-47-24-21-18-15-12-9-3)68(67-79-81(76,77)78-66-65-73(4,5)6)72-70(74)63-60-57-54-51-48-45-43-41-39-32-30-28-26-23-20-17-14-11-8-2/h19,22,27-30,33-34,59,62,68-69H,7-18,20-21,23-26,31-32,35-58,60-61,63-67H2,1-6H3,(H-,72,74,76,77)/p+1/b22-19-,29-27-,30-28+,34-33-,62-59-. The summed E-state index contributed by atoms with van der Waals surface area (Å²) in [7, 11) is 1.50. The number of unbranched alkanes of at least 4 members (excludes halogenated alkanes) is 39. The van der Waals surface area contributed by atoms with Crippen molar-refractivity contribution in [2.24, 2.45) is 0 Å². The number of likely N-dealkylation sites (N-methyl/N-ethyl adjacent to an activating group) is 1. The molecule has 0 aromatic carbocycles. The number of allylic oxidation sites excluding steroid dienone is 9. The van der Waals surface area contributed by atoms with Crippen LogP contribution in [0.1, 0.15) is 329 Å². The molecular weight excluding hydrogens is 1020 g/mol. The van der Waals surface area contributed by atoms with Gasteiger partial charge in [0.15, 0.2) is 0 Å². The Labute approximate surface area is 502 Å². The highest BCUT2D eigenvalue weighted by Gasteiger charge is 2.30. The number of hydrogen-bond acceptors (Lipinski definition) is 6. The third kappa shape index (κ3) is 62.1. The van der Waals surface area contributed by atoms with Gasteiger partial charge >= 0.3 is 13.8 Å². The number of carbonyl (C=O) groups is 2. The molecular formula is C71H134N2O7P+. The highest BCUT2D eigenvalue weighted by atomic mass is 31.2. The fraction of sp³-hybridized carbons (Fsp3) is 0.831. The molecule has 0 saturated heterocycles. The van der Waals surface area contributed by atoms with E-state index < -0.39 is 20.0 Å². The van der Waals surface area contributed by atoms with E-state index in [-0.39, 0.29) is 31.5 Å². The first kappa shape index (κ1) is 78.7. The lowest BCUT2D eigenvalue weighted by Crippen LogP contribution is -2.47. The Morgan fingerprint density at radius 3 is 1.16 bits per heavy atom. The van der Waals surface area contributed by atoms with Gasteiger partial charge in [0.2, 0.25) is 5.91 Å². The smallest absolute Gasteiger partial charge is 0.456 e. The zero-order valence-electron chi connectivity index (χ0n) is 54.3. The summed E-state index contributed by atoms with van der Waals surface area (Å²) in [6.45, 7) is 7.01. The van der Waals surface area contributed by atoms with Gasteiger partial charge in [0.05, 0.1) is 33.8 Å². The molecule has 1 amide bonds. The maximum Gasteiger partial charge on any atom is 0.472 e. The molecule has 81 heavy (non-hydrogen) atoms. The predicted octanol–water partition coefficient (Wildman–Crippen LogP) is 21.8. The van der Waals surface area contributed by atoms with Gasteiger partial charge < -0.3 is 19.4 Å². The van der Waals surface area contributed by atoms with E-state index in [1.54, 1.807) is 0 Å². The number of carbonyl (C=O) groups excluding carboxylic acids is 2. The van der Waals surface area contributed by atoms with Crippen molar-refractivity contribution in [2.45, 2.75) is 341 Å². The van der Waals surface area contributed by atoms with Crippen molar-refractivity contribution in [3.05, 3.63) is 60.8 Å². The number of hydrogen-bond donors (Lipinski definition) is 2. The average molecular weight is 1160 g/mol. The zero-order chi connectivity index (χ0) is 59.3. The van der Waals surface area contributed by atoms with Crippen LogP contribution in [0.5, 0.6) is 0 Å². The minimum atomic E-state index is -4.45. The molecule has 0 radical (unpaired) electrons. The monoisotopic (exact) mass is 1160 g/mol. The van der Waals surface area contributed by atoms with Gasteiger partial charge in [-0.15, -0.1) is 0 Å². The van der Waals surface area contributed by atoms with Crippen molar-refractivity contribution < 1.29 is 37.3 Å². The highest BCUT2D eigenvalue weighted by Crippen LogP contribution is 2.43. The first-order chi connectivity index (χ1) is 39.4. The molecule has 0 heterocycles. The highest BCUT2D eigenvalue weighted by molar-refractivity contribution is 7.47. The van der Waals surface area contributed by atoms with Crippen molar-refractivity contribution >= 4 is 19.7 Å². The van der Waals surface area contributed by atoms with Gasteiger partial charge in [-0.1, -0.05) is 281 Å². The number of rotatable bonds is 63. The molecule has 3 unspecified atom stereocenters. The van der Waals surface area contributed by atoms with E-state index in [4.69, 9.17) is 13.8 Å². The first-order valence-corrected chi connectivity index (χ1v) is 36.1. The van der Waals surface area contributed by atoms with Gasteiger partial charge in [-0.2, -0.15) is 0 Å². The normalized spacial score (nSPS) is 13.9. The van der Waals surface area contributed by atoms with Crippen LogP contribution in [-0.4, -0.2) is 74.3 Å². The number of nitrogens with zero attached hydrogens (tertiary/aromatic N) is 1. The van der Waals surface area contributed by atoms with Gasteiger partial charge in [0, 0.05) is 12.8 Å². The molecule has 0 aliphatic heterocycles. The number of esters is 1. The van der Waals surface area contributed by atoms with Gasteiger partial charge in [-0.25, -0.2) is 4.57 Å². The molecule has 0 fully saturated rings. The van der Waals surface area contributed by atoms with Crippen molar-refractivity contribution in [1.29, 1.82) is 0 Å². The van der Waals surface area contributed by atoms with Crippen LogP contribution in [0.4, 0.5) is 0 Å². The molecule has 474 valence electrons. The van der Waals surface area contributed by atoms with E-state index in [9.17, 15) is 19.0 Å². The van der Waals surface area contributed by atoms with Crippen LogP contribution >= 0.6 is 7.82 Å². The number of phosphoric acid groups is 1. The Bertz CT molecular complexity index is 1570. The summed E-state index contributed by atoms with van der Waals surface area (Å²) < 4.78 is 30.8. The van der Waals surface area contributed by atoms with Crippen LogP contribution in [-0.2, 0) is 27.9 Å². The Kier molecular flexibility index (Phi) is 59.1. The summed E-state index contributed by atoms with van der Waals surface area (Å²) in [4.78, 5) is 37.8. The average Bonchev–Trinajstić information content (AvgIpc) is 3.43. The van der Waals surface area contributed by atoms with E-state index in [1.165, 1.54) is 225 Å².